The van der Waals surface area contributed by atoms with E-state index in [0.29, 0.717) is 11.1 Å². The van der Waals surface area contributed by atoms with Crippen molar-refractivity contribution >= 4 is 27.7 Å². The van der Waals surface area contributed by atoms with Crippen molar-refractivity contribution in [3.63, 3.8) is 0 Å². The molecule has 1 aromatic carbocycles. The number of amides is 2. The van der Waals surface area contributed by atoms with Crippen molar-refractivity contribution in [1.29, 1.82) is 0 Å². The number of nitrogens with zero attached hydrogens (tertiary/aromatic N) is 3. The molecular weight excluding hydrogens is 501 g/mol. The van der Waals surface area contributed by atoms with E-state index in [1.54, 1.807) is 68.0 Å². The molecule has 1 saturated heterocycles. The second-order valence-corrected chi connectivity index (χ2v) is 11.6. The Morgan fingerprint density at radius 1 is 1.16 bits per heavy atom. The Morgan fingerprint density at radius 2 is 1.89 bits per heavy atom. The van der Waals surface area contributed by atoms with Gasteiger partial charge in [0.1, 0.15) is 17.4 Å². The number of halogens is 1. The van der Waals surface area contributed by atoms with Gasteiger partial charge in [-0.05, 0) is 57.0 Å². The average Bonchev–Trinajstić information content (AvgIpc) is 3.31. The molecule has 2 amide bonds. The molecule has 1 fully saturated rings. The summed E-state index contributed by atoms with van der Waals surface area (Å²) in [6, 6.07) is 8.45. The Morgan fingerprint density at radius 3 is 2.57 bits per heavy atom. The predicted molar refractivity (Wildman–Crippen MR) is 134 cm³/mol. The first-order valence-electron chi connectivity index (χ1n) is 11.9. The molecule has 2 atom stereocenters. The SMILES string of the molecule is CC(C)(C)OC(=O)N1CCC(NS(=O)(=O)c2ccc(CNC(=O)c3ccc4nccn4c3)cc2)C(F)C1. The number of piperidine rings is 1. The Labute approximate surface area is 214 Å². The van der Waals surface area contributed by atoms with Crippen molar-refractivity contribution in [3.05, 3.63) is 66.1 Å². The van der Waals surface area contributed by atoms with Crippen molar-refractivity contribution in [2.45, 2.75) is 56.4 Å². The van der Waals surface area contributed by atoms with Gasteiger partial charge in [-0.3, -0.25) is 4.79 Å². The third-order valence-corrected chi connectivity index (χ3v) is 7.34. The minimum absolute atomic E-state index is 0.0186. The largest absolute Gasteiger partial charge is 0.444 e. The molecule has 4 rings (SSSR count). The Balaban J connectivity index is 1.31. The van der Waals surface area contributed by atoms with E-state index < -0.39 is 33.9 Å². The fraction of sp³-hybridized carbons (Fsp3) is 0.400. The number of carbonyl (C=O) groups is 2. The van der Waals surface area contributed by atoms with Gasteiger partial charge in [0.2, 0.25) is 10.0 Å². The van der Waals surface area contributed by atoms with Gasteiger partial charge >= 0.3 is 6.09 Å². The lowest BCUT2D eigenvalue weighted by atomic mass is 10.0. The number of hydrogen-bond acceptors (Lipinski definition) is 6. The van der Waals surface area contributed by atoms with Crippen LogP contribution < -0.4 is 10.0 Å². The lowest BCUT2D eigenvalue weighted by Crippen LogP contribution is -2.54. The van der Waals surface area contributed by atoms with Crippen LogP contribution >= 0.6 is 0 Å². The van der Waals surface area contributed by atoms with Gasteiger partial charge in [0.05, 0.1) is 23.0 Å². The summed E-state index contributed by atoms with van der Waals surface area (Å²) in [4.78, 5) is 30.0. The highest BCUT2D eigenvalue weighted by molar-refractivity contribution is 7.89. The number of rotatable bonds is 6. The third-order valence-electron chi connectivity index (χ3n) is 5.84. The third kappa shape index (κ3) is 6.63. The Hall–Kier alpha value is -3.51. The van der Waals surface area contributed by atoms with Gasteiger partial charge in [-0.25, -0.2) is 27.3 Å². The minimum atomic E-state index is -3.99. The predicted octanol–water partition coefficient (Wildman–Crippen LogP) is 2.89. The number of fused-ring (bicyclic) bond motifs is 1. The smallest absolute Gasteiger partial charge is 0.410 e. The van der Waals surface area contributed by atoms with E-state index in [1.807, 2.05) is 0 Å². The van der Waals surface area contributed by atoms with E-state index in [1.165, 1.54) is 17.0 Å². The zero-order valence-corrected chi connectivity index (χ0v) is 21.7. The summed E-state index contributed by atoms with van der Waals surface area (Å²) < 4.78 is 49.9. The molecule has 2 N–H and O–H groups in total. The summed E-state index contributed by atoms with van der Waals surface area (Å²) in [7, 11) is -3.99. The molecule has 0 radical (unpaired) electrons. The molecule has 1 aliphatic rings. The van der Waals surface area contributed by atoms with E-state index in [-0.39, 0.29) is 36.9 Å². The van der Waals surface area contributed by atoms with E-state index in [0.717, 1.165) is 5.65 Å². The van der Waals surface area contributed by atoms with Crippen LogP contribution in [0.4, 0.5) is 9.18 Å². The van der Waals surface area contributed by atoms with Crippen LogP contribution in [-0.4, -0.2) is 65.6 Å². The van der Waals surface area contributed by atoms with E-state index in [9.17, 15) is 22.4 Å². The number of likely N-dealkylation sites (tertiary alicyclic amines) is 1. The van der Waals surface area contributed by atoms with Crippen LogP contribution in [0.15, 0.2) is 59.9 Å². The average molecular weight is 532 g/mol. The maximum atomic E-state index is 14.8. The number of carbonyl (C=O) groups excluding carboxylic acids is 2. The molecule has 12 heteroatoms. The van der Waals surface area contributed by atoms with Crippen molar-refractivity contribution in [3.8, 4) is 0 Å². The standard InChI is InChI=1S/C25H30FN5O5S/c1-25(2,3)36-24(33)31-12-10-21(20(26)16-31)29-37(34,35)19-7-4-17(5-8-19)14-28-23(32)18-6-9-22-27-11-13-30(22)15-18/h4-9,11,13,15,20-21,29H,10,12,14,16H2,1-3H3,(H,28,32). The Bertz CT molecular complexity index is 1380. The maximum absolute atomic E-state index is 14.8. The highest BCUT2D eigenvalue weighted by Gasteiger charge is 2.36. The summed E-state index contributed by atoms with van der Waals surface area (Å²) in [5.41, 5.74) is 1.19. The minimum Gasteiger partial charge on any atom is -0.444 e. The summed E-state index contributed by atoms with van der Waals surface area (Å²) in [5.74, 6) is -0.277. The first-order chi connectivity index (χ1) is 17.4. The molecule has 1 aliphatic heterocycles. The van der Waals surface area contributed by atoms with Crippen LogP contribution in [0.3, 0.4) is 0 Å². The van der Waals surface area contributed by atoms with Crippen LogP contribution in [-0.2, 0) is 21.3 Å². The van der Waals surface area contributed by atoms with Crippen molar-refractivity contribution in [1.82, 2.24) is 24.3 Å². The van der Waals surface area contributed by atoms with Crippen LogP contribution in [0.2, 0.25) is 0 Å². The highest BCUT2D eigenvalue weighted by Crippen LogP contribution is 2.20. The quantitative estimate of drug-likeness (QED) is 0.505. The zero-order valence-electron chi connectivity index (χ0n) is 20.8. The van der Waals surface area contributed by atoms with E-state index in [4.69, 9.17) is 4.74 Å². The number of aromatic nitrogens is 2. The molecule has 3 heterocycles. The monoisotopic (exact) mass is 531 g/mol. The van der Waals surface area contributed by atoms with Crippen LogP contribution in [0.25, 0.3) is 5.65 Å². The summed E-state index contributed by atoms with van der Waals surface area (Å²) in [6.07, 6.45) is 2.98. The molecule has 0 bridgehead atoms. The van der Waals surface area contributed by atoms with E-state index in [2.05, 4.69) is 15.0 Å². The van der Waals surface area contributed by atoms with Gasteiger partial charge in [-0.2, -0.15) is 0 Å². The lowest BCUT2D eigenvalue weighted by Gasteiger charge is -2.35. The van der Waals surface area contributed by atoms with Gasteiger partial charge in [-0.15, -0.1) is 0 Å². The molecule has 0 aliphatic carbocycles. The van der Waals surface area contributed by atoms with Crippen LogP contribution in [0.5, 0.6) is 0 Å². The van der Waals surface area contributed by atoms with Gasteiger partial charge in [-0.1, -0.05) is 12.1 Å². The maximum Gasteiger partial charge on any atom is 0.410 e. The van der Waals surface area contributed by atoms with Gasteiger partial charge in [0.15, 0.2) is 0 Å². The number of ether oxygens (including phenoxy) is 1. The van der Waals surface area contributed by atoms with Gasteiger partial charge in [0.25, 0.3) is 5.91 Å². The molecule has 37 heavy (non-hydrogen) atoms. The van der Waals surface area contributed by atoms with Crippen LogP contribution in [0.1, 0.15) is 43.1 Å². The fourth-order valence-corrected chi connectivity index (χ4v) is 5.22. The molecule has 10 nitrogen and oxygen atoms in total. The number of benzene rings is 1. The zero-order chi connectivity index (χ0) is 26.8. The van der Waals surface area contributed by atoms with E-state index >= 15 is 0 Å². The number of pyridine rings is 1. The molecule has 2 unspecified atom stereocenters. The number of alkyl halides is 1. The second-order valence-electron chi connectivity index (χ2n) is 9.90. The van der Waals surface area contributed by atoms with Crippen molar-refractivity contribution in [2.75, 3.05) is 13.1 Å². The first kappa shape index (κ1) is 26.6. The van der Waals surface area contributed by atoms with Crippen molar-refractivity contribution in [2.24, 2.45) is 0 Å². The number of nitrogens with one attached hydrogen (secondary N) is 2. The molecule has 0 saturated carbocycles. The topological polar surface area (TPSA) is 122 Å². The molecule has 2 aromatic heterocycles. The number of imidazole rings is 1. The van der Waals surface area contributed by atoms with Gasteiger partial charge in [0, 0.05) is 31.7 Å². The van der Waals surface area contributed by atoms with Crippen molar-refractivity contribution < 1.29 is 27.1 Å². The summed E-state index contributed by atoms with van der Waals surface area (Å²) >= 11 is 0. The first-order valence-corrected chi connectivity index (χ1v) is 13.3. The highest BCUT2D eigenvalue weighted by atomic mass is 32.2. The van der Waals surface area contributed by atoms with Crippen LogP contribution in [0, 0.1) is 0 Å². The molecule has 0 spiro atoms. The molecule has 198 valence electrons. The summed E-state index contributed by atoms with van der Waals surface area (Å²) in [6.45, 7) is 5.29. The summed E-state index contributed by atoms with van der Waals surface area (Å²) in [5, 5.41) is 2.80. The van der Waals surface area contributed by atoms with Gasteiger partial charge < -0.3 is 19.4 Å². The lowest BCUT2D eigenvalue weighted by molar-refractivity contribution is 0.0108. The normalized spacial score (nSPS) is 18.5. The Kier molecular flexibility index (Phi) is 7.51. The number of sulfonamides is 1. The molecule has 3 aromatic rings. The number of hydrogen-bond donors (Lipinski definition) is 2. The fourth-order valence-electron chi connectivity index (χ4n) is 3.92. The molecular formula is C25H30FN5O5S. The second kappa shape index (κ2) is 10.5.